The molecule has 108 valence electrons. The van der Waals surface area contributed by atoms with E-state index < -0.39 is 0 Å². The monoisotopic (exact) mass is 272 g/mol. The second kappa shape index (κ2) is 8.16. The Morgan fingerprint density at radius 3 is 2.30 bits per heavy atom. The second-order valence-corrected chi connectivity index (χ2v) is 4.14. The molecule has 0 saturated heterocycles. The molecule has 0 aromatic heterocycles. The number of aryl methyl sites for hydroxylation is 1. The van der Waals surface area contributed by atoms with Gasteiger partial charge in [-0.25, -0.2) is 4.79 Å². The van der Waals surface area contributed by atoms with Gasteiger partial charge in [-0.2, -0.15) is 0 Å². The van der Waals surface area contributed by atoms with Gasteiger partial charge in [-0.3, -0.25) is 0 Å². The van der Waals surface area contributed by atoms with E-state index in [2.05, 4.69) is 0 Å². The molecule has 0 saturated carbocycles. The van der Waals surface area contributed by atoms with Crippen LogP contribution in [-0.4, -0.2) is 12.6 Å². The smallest absolute Gasteiger partial charge is 0.338 e. The number of benzene rings is 2. The molecule has 0 unspecified atom stereocenters. The molecule has 2 aromatic rings. The normalized spacial score (nSPS) is 9.10. The summed E-state index contributed by atoms with van der Waals surface area (Å²) in [6.07, 6.45) is 0. The predicted molar refractivity (Wildman–Crippen MR) is 86.0 cm³/mol. The maximum atomic E-state index is 12.0. The SMILES string of the molecule is C.C.CCOC(=O)c1cc(C)ccc1-c1ccccc1. The van der Waals surface area contributed by atoms with E-state index in [1.807, 2.05) is 62.4 Å². The van der Waals surface area contributed by atoms with Crippen molar-refractivity contribution in [2.45, 2.75) is 28.7 Å². The molecule has 0 atom stereocenters. The number of esters is 1. The van der Waals surface area contributed by atoms with Gasteiger partial charge >= 0.3 is 5.97 Å². The fourth-order valence-corrected chi connectivity index (χ4v) is 1.91. The number of ether oxygens (including phenoxy) is 1. The number of hydrogen-bond donors (Lipinski definition) is 0. The summed E-state index contributed by atoms with van der Waals surface area (Å²) < 4.78 is 5.11. The average molecular weight is 272 g/mol. The van der Waals surface area contributed by atoms with E-state index >= 15 is 0 Å². The number of hydrogen-bond acceptors (Lipinski definition) is 2. The van der Waals surface area contributed by atoms with Gasteiger partial charge in [0.25, 0.3) is 0 Å². The van der Waals surface area contributed by atoms with Crippen LogP contribution in [0.15, 0.2) is 48.5 Å². The Morgan fingerprint density at radius 2 is 1.70 bits per heavy atom. The van der Waals surface area contributed by atoms with E-state index in [1.54, 1.807) is 0 Å². The van der Waals surface area contributed by atoms with Gasteiger partial charge in [0.15, 0.2) is 0 Å². The standard InChI is InChI=1S/C16H16O2.2CH4/c1-3-18-16(17)15-11-12(2)9-10-14(15)13-7-5-4-6-8-13;;/h4-11H,3H2,1-2H3;2*1H4. The molecule has 0 heterocycles. The van der Waals surface area contributed by atoms with Crippen molar-refractivity contribution in [1.82, 2.24) is 0 Å². The summed E-state index contributed by atoms with van der Waals surface area (Å²) in [5.74, 6) is -0.264. The van der Waals surface area contributed by atoms with Crippen LogP contribution in [0.4, 0.5) is 0 Å². The molecule has 0 N–H and O–H groups in total. The highest BCUT2D eigenvalue weighted by Gasteiger charge is 2.13. The van der Waals surface area contributed by atoms with Crippen LogP contribution >= 0.6 is 0 Å². The van der Waals surface area contributed by atoms with E-state index in [0.717, 1.165) is 16.7 Å². The van der Waals surface area contributed by atoms with Crippen LogP contribution in [0.5, 0.6) is 0 Å². The fraction of sp³-hybridized carbons (Fsp3) is 0.278. The highest BCUT2D eigenvalue weighted by molar-refractivity contribution is 5.97. The number of rotatable bonds is 3. The molecule has 0 spiro atoms. The van der Waals surface area contributed by atoms with Gasteiger partial charge < -0.3 is 4.74 Å². The van der Waals surface area contributed by atoms with Gasteiger partial charge in [0.05, 0.1) is 12.2 Å². The number of carbonyl (C=O) groups is 1. The van der Waals surface area contributed by atoms with Crippen molar-refractivity contribution in [2.75, 3.05) is 6.61 Å². The van der Waals surface area contributed by atoms with Crippen LogP contribution in [-0.2, 0) is 4.74 Å². The Kier molecular flexibility index (Phi) is 7.30. The minimum atomic E-state index is -0.264. The molecule has 2 rings (SSSR count). The summed E-state index contributed by atoms with van der Waals surface area (Å²) in [7, 11) is 0. The van der Waals surface area contributed by atoms with Crippen LogP contribution in [0.2, 0.25) is 0 Å². The second-order valence-electron chi connectivity index (χ2n) is 4.14. The predicted octanol–water partition coefficient (Wildman–Crippen LogP) is 5.11. The topological polar surface area (TPSA) is 26.3 Å². The third kappa shape index (κ3) is 3.95. The quantitative estimate of drug-likeness (QED) is 0.726. The molecule has 2 aromatic carbocycles. The van der Waals surface area contributed by atoms with Crippen LogP contribution in [0.1, 0.15) is 37.7 Å². The van der Waals surface area contributed by atoms with Crippen molar-refractivity contribution < 1.29 is 9.53 Å². The minimum Gasteiger partial charge on any atom is -0.462 e. The van der Waals surface area contributed by atoms with Crippen molar-refractivity contribution >= 4 is 5.97 Å². The van der Waals surface area contributed by atoms with Gasteiger partial charge in [0.2, 0.25) is 0 Å². The highest BCUT2D eigenvalue weighted by Crippen LogP contribution is 2.25. The minimum absolute atomic E-state index is 0. The van der Waals surface area contributed by atoms with Crippen LogP contribution in [0, 0.1) is 6.92 Å². The van der Waals surface area contributed by atoms with E-state index in [1.165, 1.54) is 0 Å². The molecular weight excluding hydrogens is 248 g/mol. The summed E-state index contributed by atoms with van der Waals surface area (Å²) in [5.41, 5.74) is 3.63. The molecule has 0 radical (unpaired) electrons. The summed E-state index contributed by atoms with van der Waals surface area (Å²) in [6, 6.07) is 15.7. The fourth-order valence-electron chi connectivity index (χ4n) is 1.91. The zero-order chi connectivity index (χ0) is 13.0. The Labute approximate surface area is 122 Å². The lowest BCUT2D eigenvalue weighted by atomic mass is 9.98. The van der Waals surface area contributed by atoms with Gasteiger partial charge in [0.1, 0.15) is 0 Å². The lowest BCUT2D eigenvalue weighted by Gasteiger charge is -2.10. The Morgan fingerprint density at radius 1 is 1.05 bits per heavy atom. The first kappa shape index (κ1) is 17.9. The molecule has 2 heteroatoms. The molecule has 0 fully saturated rings. The Balaban J connectivity index is 0.00000180. The molecule has 2 nitrogen and oxygen atoms in total. The third-order valence-electron chi connectivity index (χ3n) is 2.76. The van der Waals surface area contributed by atoms with E-state index in [9.17, 15) is 4.79 Å². The summed E-state index contributed by atoms with van der Waals surface area (Å²) in [4.78, 5) is 12.0. The van der Waals surface area contributed by atoms with Crippen LogP contribution in [0.3, 0.4) is 0 Å². The molecule has 0 aliphatic rings. The van der Waals surface area contributed by atoms with E-state index in [-0.39, 0.29) is 20.8 Å². The Bertz CT molecular complexity index is 545. The zero-order valence-corrected chi connectivity index (χ0v) is 10.6. The summed E-state index contributed by atoms with van der Waals surface area (Å²) in [5, 5.41) is 0. The van der Waals surface area contributed by atoms with Crippen molar-refractivity contribution in [3.63, 3.8) is 0 Å². The van der Waals surface area contributed by atoms with E-state index in [4.69, 9.17) is 4.74 Å². The van der Waals surface area contributed by atoms with Crippen molar-refractivity contribution in [3.8, 4) is 11.1 Å². The maximum absolute atomic E-state index is 12.0. The van der Waals surface area contributed by atoms with Crippen molar-refractivity contribution in [3.05, 3.63) is 59.7 Å². The van der Waals surface area contributed by atoms with E-state index in [0.29, 0.717) is 12.2 Å². The lowest BCUT2D eigenvalue weighted by molar-refractivity contribution is 0.0527. The van der Waals surface area contributed by atoms with Gasteiger partial charge in [0, 0.05) is 0 Å². The summed E-state index contributed by atoms with van der Waals surface area (Å²) >= 11 is 0. The Hall–Kier alpha value is -2.09. The molecule has 0 amide bonds. The molecule has 20 heavy (non-hydrogen) atoms. The maximum Gasteiger partial charge on any atom is 0.338 e. The highest BCUT2D eigenvalue weighted by atomic mass is 16.5. The third-order valence-corrected chi connectivity index (χ3v) is 2.76. The molecule has 0 aliphatic heterocycles. The van der Waals surface area contributed by atoms with Crippen molar-refractivity contribution in [2.24, 2.45) is 0 Å². The van der Waals surface area contributed by atoms with Gasteiger partial charge in [-0.15, -0.1) is 0 Å². The molecule has 0 bridgehead atoms. The first-order chi connectivity index (χ1) is 8.72. The van der Waals surface area contributed by atoms with Gasteiger partial charge in [-0.1, -0.05) is 62.9 Å². The number of carbonyl (C=O) groups excluding carboxylic acids is 1. The van der Waals surface area contributed by atoms with Gasteiger partial charge in [-0.05, 0) is 31.0 Å². The zero-order valence-electron chi connectivity index (χ0n) is 10.6. The summed E-state index contributed by atoms with van der Waals surface area (Å²) in [6.45, 7) is 4.17. The van der Waals surface area contributed by atoms with Crippen LogP contribution < -0.4 is 0 Å². The first-order valence-corrected chi connectivity index (χ1v) is 6.05. The first-order valence-electron chi connectivity index (χ1n) is 6.05. The largest absolute Gasteiger partial charge is 0.462 e. The molecular formula is C18H24O2. The average Bonchev–Trinajstić information content (AvgIpc) is 2.40. The lowest BCUT2D eigenvalue weighted by Crippen LogP contribution is -2.06. The van der Waals surface area contributed by atoms with Crippen molar-refractivity contribution in [1.29, 1.82) is 0 Å². The molecule has 0 aliphatic carbocycles. The van der Waals surface area contributed by atoms with Crippen LogP contribution in [0.25, 0.3) is 11.1 Å².